The molecule has 1 aliphatic heterocycles. The van der Waals surface area contributed by atoms with Crippen molar-refractivity contribution < 1.29 is 4.79 Å². The van der Waals surface area contributed by atoms with E-state index in [1.807, 2.05) is 11.5 Å². The first-order chi connectivity index (χ1) is 12.1. The highest BCUT2D eigenvalue weighted by Gasteiger charge is 2.37. The molecule has 142 valence electrons. The lowest BCUT2D eigenvalue weighted by atomic mass is 10.00. The van der Waals surface area contributed by atoms with Gasteiger partial charge in [0.05, 0.1) is 6.04 Å². The number of carbonyl (C=O) groups excluding carboxylic acids is 1. The first-order valence-corrected chi connectivity index (χ1v) is 10.1. The number of anilines is 1. The molecule has 6 heteroatoms. The van der Waals surface area contributed by atoms with Crippen LogP contribution in [0.15, 0.2) is 0 Å². The minimum absolute atomic E-state index is 0.0565. The molecular weight excluding hydrogens is 314 g/mol. The summed E-state index contributed by atoms with van der Waals surface area (Å²) in [6.45, 7) is 4.19. The molecule has 1 aromatic heterocycles. The molecular formula is C19H35N5O. The van der Waals surface area contributed by atoms with Gasteiger partial charge >= 0.3 is 0 Å². The van der Waals surface area contributed by atoms with E-state index in [1.165, 1.54) is 64.2 Å². The molecule has 2 heterocycles. The summed E-state index contributed by atoms with van der Waals surface area (Å²) in [5, 5.41) is 11.3. The van der Waals surface area contributed by atoms with Crippen LogP contribution in [0.4, 0.5) is 5.95 Å². The van der Waals surface area contributed by atoms with Gasteiger partial charge in [-0.3, -0.25) is 9.36 Å². The van der Waals surface area contributed by atoms with Crippen molar-refractivity contribution in [3.8, 4) is 0 Å². The van der Waals surface area contributed by atoms with Gasteiger partial charge < -0.3 is 11.1 Å². The molecule has 0 spiro atoms. The molecule has 25 heavy (non-hydrogen) atoms. The van der Waals surface area contributed by atoms with Crippen LogP contribution in [0.2, 0.25) is 0 Å². The van der Waals surface area contributed by atoms with Gasteiger partial charge in [0.1, 0.15) is 11.9 Å². The number of unbranched alkanes of at least 4 members (excludes halogenated alkanes) is 10. The summed E-state index contributed by atoms with van der Waals surface area (Å²) in [4.78, 5) is 11.7. The number of rotatable bonds is 13. The van der Waals surface area contributed by atoms with Crippen molar-refractivity contribution in [3.63, 3.8) is 0 Å². The number of nitrogens with one attached hydrogen (secondary N) is 1. The molecule has 0 saturated heterocycles. The van der Waals surface area contributed by atoms with E-state index in [2.05, 4.69) is 22.4 Å². The highest BCUT2D eigenvalue weighted by molar-refractivity contribution is 5.84. The van der Waals surface area contributed by atoms with E-state index in [0.29, 0.717) is 5.95 Å². The van der Waals surface area contributed by atoms with Gasteiger partial charge in [0.25, 0.3) is 0 Å². The van der Waals surface area contributed by atoms with E-state index < -0.39 is 0 Å². The van der Waals surface area contributed by atoms with Gasteiger partial charge in [0.2, 0.25) is 11.9 Å². The maximum atomic E-state index is 11.7. The average Bonchev–Trinajstić information content (AvgIpc) is 3.13. The average molecular weight is 350 g/mol. The topological polar surface area (TPSA) is 85.8 Å². The summed E-state index contributed by atoms with van der Waals surface area (Å²) < 4.78 is 2.03. The quantitative estimate of drug-likeness (QED) is 0.525. The molecule has 1 aliphatic rings. The fourth-order valence-corrected chi connectivity index (χ4v) is 3.82. The zero-order chi connectivity index (χ0) is 18.1. The normalized spacial score (nSPS) is 19.0. The number of fused-ring (bicyclic) bond motifs is 1. The van der Waals surface area contributed by atoms with Crippen LogP contribution in [0.3, 0.4) is 0 Å². The van der Waals surface area contributed by atoms with Crippen LogP contribution in [0.25, 0.3) is 0 Å². The standard InChI is InChI=1S/C19H35N5O/c1-3-4-5-6-7-8-9-10-11-12-13-14-16-17(18(20)25)21-19-23-22-15(2)24(16)19/h16-17H,3-14H2,1-2H3,(H2,20,25)(H,21,23). The molecule has 2 atom stereocenters. The fraction of sp³-hybridized carbons (Fsp3) is 0.842. The number of nitrogens with zero attached hydrogens (tertiary/aromatic N) is 3. The lowest BCUT2D eigenvalue weighted by Gasteiger charge is -2.18. The molecule has 0 radical (unpaired) electrons. The predicted molar refractivity (Wildman–Crippen MR) is 101 cm³/mol. The molecule has 1 amide bonds. The number of aryl methyl sites for hydroxylation is 1. The highest BCUT2D eigenvalue weighted by Crippen LogP contribution is 2.32. The Kier molecular flexibility index (Phi) is 8.22. The third kappa shape index (κ3) is 5.72. The maximum absolute atomic E-state index is 11.7. The van der Waals surface area contributed by atoms with Gasteiger partial charge in [-0.2, -0.15) is 0 Å². The molecule has 0 aromatic carbocycles. The van der Waals surface area contributed by atoms with Crippen molar-refractivity contribution in [3.05, 3.63) is 5.82 Å². The van der Waals surface area contributed by atoms with Gasteiger partial charge in [-0.25, -0.2) is 0 Å². The molecule has 0 aliphatic carbocycles. The summed E-state index contributed by atoms with van der Waals surface area (Å²) in [6.07, 6.45) is 15.5. The summed E-state index contributed by atoms with van der Waals surface area (Å²) in [5.41, 5.74) is 5.54. The monoisotopic (exact) mass is 349 g/mol. The van der Waals surface area contributed by atoms with Crippen LogP contribution in [0.1, 0.15) is 95.8 Å². The van der Waals surface area contributed by atoms with Crippen molar-refractivity contribution in [2.45, 2.75) is 103 Å². The number of carbonyl (C=O) groups is 1. The Morgan fingerprint density at radius 1 is 1.00 bits per heavy atom. The molecule has 1 aromatic rings. The van der Waals surface area contributed by atoms with Crippen molar-refractivity contribution >= 4 is 11.9 Å². The Morgan fingerprint density at radius 2 is 1.56 bits per heavy atom. The number of aromatic nitrogens is 3. The zero-order valence-electron chi connectivity index (χ0n) is 16.0. The zero-order valence-corrected chi connectivity index (χ0v) is 16.0. The Bertz CT molecular complexity index is 528. The number of nitrogens with two attached hydrogens (primary N) is 1. The van der Waals surface area contributed by atoms with Crippen molar-refractivity contribution in [1.29, 1.82) is 0 Å². The van der Waals surface area contributed by atoms with Crippen LogP contribution in [0.5, 0.6) is 0 Å². The Labute approximate surface area is 152 Å². The Morgan fingerprint density at radius 3 is 2.12 bits per heavy atom. The lowest BCUT2D eigenvalue weighted by Crippen LogP contribution is -2.37. The third-order valence-electron chi connectivity index (χ3n) is 5.28. The van der Waals surface area contributed by atoms with Gasteiger partial charge in [-0.15, -0.1) is 10.2 Å². The Balaban J connectivity index is 1.59. The molecule has 3 N–H and O–H groups in total. The SMILES string of the molecule is CCCCCCCCCCCCCC1C(C(N)=O)Nc2nnc(C)n21. The van der Waals surface area contributed by atoms with Gasteiger partial charge in [-0.05, 0) is 13.3 Å². The fourth-order valence-electron chi connectivity index (χ4n) is 3.82. The molecule has 0 bridgehead atoms. The van der Waals surface area contributed by atoms with Gasteiger partial charge in [0, 0.05) is 0 Å². The number of hydrogen-bond acceptors (Lipinski definition) is 4. The molecule has 6 nitrogen and oxygen atoms in total. The van der Waals surface area contributed by atoms with E-state index in [-0.39, 0.29) is 18.0 Å². The summed E-state index contributed by atoms with van der Waals surface area (Å²) in [7, 11) is 0. The minimum Gasteiger partial charge on any atom is -0.368 e. The van der Waals surface area contributed by atoms with Crippen molar-refractivity contribution in [1.82, 2.24) is 14.8 Å². The highest BCUT2D eigenvalue weighted by atomic mass is 16.1. The predicted octanol–water partition coefficient (Wildman–Crippen LogP) is 4.11. The molecule has 0 fully saturated rings. The second kappa shape index (κ2) is 10.4. The number of hydrogen-bond donors (Lipinski definition) is 2. The van der Waals surface area contributed by atoms with E-state index in [0.717, 1.165) is 18.7 Å². The van der Waals surface area contributed by atoms with Crippen LogP contribution in [0, 0.1) is 6.92 Å². The second-order valence-electron chi connectivity index (χ2n) is 7.36. The van der Waals surface area contributed by atoms with Gasteiger partial charge in [-0.1, -0.05) is 77.6 Å². The first kappa shape index (κ1) is 19.7. The molecule has 2 unspecified atom stereocenters. The van der Waals surface area contributed by atoms with Crippen molar-refractivity contribution in [2.75, 3.05) is 5.32 Å². The first-order valence-electron chi connectivity index (χ1n) is 10.1. The summed E-state index contributed by atoms with van der Waals surface area (Å²) in [5.74, 6) is 1.21. The van der Waals surface area contributed by atoms with Crippen LogP contribution >= 0.6 is 0 Å². The van der Waals surface area contributed by atoms with E-state index >= 15 is 0 Å². The largest absolute Gasteiger partial charge is 0.368 e. The summed E-state index contributed by atoms with van der Waals surface area (Å²) >= 11 is 0. The van der Waals surface area contributed by atoms with Crippen LogP contribution < -0.4 is 11.1 Å². The molecule has 2 rings (SSSR count). The van der Waals surface area contributed by atoms with Gasteiger partial charge in [0.15, 0.2) is 0 Å². The number of primary amides is 1. The summed E-state index contributed by atoms with van der Waals surface area (Å²) in [6, 6.07) is -0.298. The van der Waals surface area contributed by atoms with E-state index in [1.54, 1.807) is 0 Å². The number of amides is 1. The van der Waals surface area contributed by atoms with E-state index in [4.69, 9.17) is 5.73 Å². The second-order valence-corrected chi connectivity index (χ2v) is 7.36. The molecule has 0 saturated carbocycles. The smallest absolute Gasteiger partial charge is 0.242 e. The third-order valence-corrected chi connectivity index (χ3v) is 5.28. The maximum Gasteiger partial charge on any atom is 0.242 e. The van der Waals surface area contributed by atoms with E-state index in [9.17, 15) is 4.79 Å². The van der Waals surface area contributed by atoms with Crippen molar-refractivity contribution in [2.24, 2.45) is 5.73 Å². The van der Waals surface area contributed by atoms with Crippen LogP contribution in [-0.2, 0) is 4.79 Å². The lowest BCUT2D eigenvalue weighted by molar-refractivity contribution is -0.119. The van der Waals surface area contributed by atoms with Crippen LogP contribution in [-0.4, -0.2) is 26.7 Å². The minimum atomic E-state index is -0.354. The Hall–Kier alpha value is -1.59.